The molecule has 1 atom stereocenters. The molecule has 1 aliphatic carbocycles. The number of carbonyl (C=O) groups excluding carboxylic acids is 1. The number of nitrogens with one attached hydrogen (secondary N) is 2. The Morgan fingerprint density at radius 2 is 1.89 bits per heavy atom. The Kier molecular flexibility index (Phi) is 7.45. The van der Waals surface area contributed by atoms with Gasteiger partial charge in [-0.1, -0.05) is 12.8 Å². The van der Waals surface area contributed by atoms with Gasteiger partial charge in [-0.2, -0.15) is 0 Å². The fraction of sp³-hybridized carbons (Fsp3) is 0.600. The van der Waals surface area contributed by atoms with E-state index in [0.29, 0.717) is 24.8 Å². The molecule has 150 valence electrons. The zero-order valence-electron chi connectivity index (χ0n) is 16.7. The Balaban J connectivity index is 1.84. The summed E-state index contributed by atoms with van der Waals surface area (Å²) >= 11 is 0. The van der Waals surface area contributed by atoms with Crippen molar-refractivity contribution in [3.05, 3.63) is 30.1 Å². The van der Waals surface area contributed by atoms with Crippen molar-refractivity contribution < 1.29 is 13.9 Å². The highest BCUT2D eigenvalue weighted by Gasteiger charge is 2.42. The monoisotopic (exact) mass is 378 g/mol. The quantitative estimate of drug-likeness (QED) is 0.565. The first-order chi connectivity index (χ1) is 12.9. The molecule has 2 rings (SSSR count). The van der Waals surface area contributed by atoms with Crippen LogP contribution in [0.3, 0.4) is 0 Å². The van der Waals surface area contributed by atoms with Gasteiger partial charge in [0.25, 0.3) is 0 Å². The molecule has 1 aromatic carbocycles. The fourth-order valence-corrected chi connectivity index (χ4v) is 3.49. The number of halogens is 1. The third-order valence-electron chi connectivity index (χ3n) is 4.95. The lowest BCUT2D eigenvalue weighted by Gasteiger charge is -2.31. The smallest absolute Gasteiger partial charge is 0.230 e. The molecule has 0 aliphatic heterocycles. The van der Waals surface area contributed by atoms with Crippen molar-refractivity contribution in [2.45, 2.75) is 38.7 Å². The van der Waals surface area contributed by atoms with Crippen LogP contribution < -0.4 is 15.4 Å². The number of nitrogens with zero attached hydrogens (tertiary/aromatic N) is 2. The summed E-state index contributed by atoms with van der Waals surface area (Å²) in [5, 5.41) is 6.53. The Morgan fingerprint density at radius 3 is 2.44 bits per heavy atom. The van der Waals surface area contributed by atoms with Gasteiger partial charge >= 0.3 is 0 Å². The van der Waals surface area contributed by atoms with E-state index < -0.39 is 0 Å². The minimum absolute atomic E-state index is 0.127. The molecular weight excluding hydrogens is 347 g/mol. The van der Waals surface area contributed by atoms with Gasteiger partial charge in [-0.3, -0.25) is 9.79 Å². The molecule has 0 radical (unpaired) electrons. The van der Waals surface area contributed by atoms with E-state index in [4.69, 9.17) is 4.74 Å². The largest absolute Gasteiger partial charge is 0.489 e. The van der Waals surface area contributed by atoms with Gasteiger partial charge in [-0.25, -0.2) is 4.39 Å². The Labute approximate surface area is 161 Å². The van der Waals surface area contributed by atoms with Crippen molar-refractivity contribution in [3.8, 4) is 5.75 Å². The topological polar surface area (TPSA) is 66.0 Å². The van der Waals surface area contributed by atoms with Crippen molar-refractivity contribution in [1.29, 1.82) is 0 Å². The molecule has 6 nitrogen and oxygen atoms in total. The van der Waals surface area contributed by atoms with Crippen LogP contribution in [-0.2, 0) is 4.79 Å². The van der Waals surface area contributed by atoms with Gasteiger partial charge in [0.2, 0.25) is 5.91 Å². The van der Waals surface area contributed by atoms with Crippen LogP contribution in [0.25, 0.3) is 0 Å². The van der Waals surface area contributed by atoms with Gasteiger partial charge in [0, 0.05) is 27.7 Å². The van der Waals surface area contributed by atoms with E-state index in [1.807, 2.05) is 21.0 Å². The minimum Gasteiger partial charge on any atom is -0.489 e. The van der Waals surface area contributed by atoms with E-state index in [-0.39, 0.29) is 23.2 Å². The maximum absolute atomic E-state index is 13.0. The summed E-state index contributed by atoms with van der Waals surface area (Å²) < 4.78 is 18.7. The van der Waals surface area contributed by atoms with E-state index in [1.54, 1.807) is 24.1 Å². The summed E-state index contributed by atoms with van der Waals surface area (Å²) in [6, 6.07) is 5.96. The lowest BCUT2D eigenvalue weighted by atomic mass is 9.84. The molecule has 7 heteroatoms. The summed E-state index contributed by atoms with van der Waals surface area (Å²) in [6.45, 7) is 3.03. The van der Waals surface area contributed by atoms with E-state index in [1.165, 1.54) is 12.1 Å². The van der Waals surface area contributed by atoms with E-state index in [0.717, 1.165) is 25.7 Å². The Morgan fingerprint density at radius 1 is 1.26 bits per heavy atom. The molecule has 0 spiro atoms. The summed E-state index contributed by atoms with van der Waals surface area (Å²) in [4.78, 5) is 18.6. The highest BCUT2D eigenvalue weighted by atomic mass is 19.1. The molecule has 1 aliphatic rings. The van der Waals surface area contributed by atoms with Crippen LogP contribution in [0.15, 0.2) is 29.3 Å². The summed E-state index contributed by atoms with van der Waals surface area (Å²) in [5.41, 5.74) is -0.350. The summed E-state index contributed by atoms with van der Waals surface area (Å²) in [6.07, 6.45) is 3.83. The average molecular weight is 378 g/mol. The molecule has 1 unspecified atom stereocenters. The number of aliphatic imine (C=N–C) groups is 1. The summed E-state index contributed by atoms with van der Waals surface area (Å²) in [5.74, 6) is 1.15. The van der Waals surface area contributed by atoms with Crippen LogP contribution >= 0.6 is 0 Å². The molecule has 2 N–H and O–H groups in total. The molecule has 1 saturated carbocycles. The Hall–Kier alpha value is -2.31. The van der Waals surface area contributed by atoms with E-state index in [2.05, 4.69) is 15.6 Å². The third kappa shape index (κ3) is 5.84. The van der Waals surface area contributed by atoms with Gasteiger partial charge in [-0.05, 0) is 44.0 Å². The zero-order chi connectivity index (χ0) is 19.9. The van der Waals surface area contributed by atoms with Gasteiger partial charge in [0.15, 0.2) is 5.96 Å². The normalized spacial score (nSPS) is 17.3. The Bertz CT molecular complexity index is 640. The molecule has 27 heavy (non-hydrogen) atoms. The standard InChI is InChI=1S/C20H31FN4O2/c1-15(27-17-9-7-16(21)8-10-17)13-23-19(22-2)24-14-20(11-5-6-12-20)18(26)25(3)4/h7-10,15H,5-6,11-14H2,1-4H3,(H2,22,23,24). The van der Waals surface area contributed by atoms with E-state index >= 15 is 0 Å². The predicted molar refractivity (Wildman–Crippen MR) is 105 cm³/mol. The number of rotatable bonds is 7. The van der Waals surface area contributed by atoms with Crippen LogP contribution in [0.4, 0.5) is 4.39 Å². The van der Waals surface area contributed by atoms with Crippen molar-refractivity contribution in [1.82, 2.24) is 15.5 Å². The second-order valence-electron chi connectivity index (χ2n) is 7.38. The number of carbonyl (C=O) groups is 1. The number of hydrogen-bond acceptors (Lipinski definition) is 3. The minimum atomic E-state index is -0.350. The second kappa shape index (κ2) is 9.58. The van der Waals surface area contributed by atoms with Crippen molar-refractivity contribution in [2.24, 2.45) is 10.4 Å². The maximum Gasteiger partial charge on any atom is 0.230 e. The van der Waals surface area contributed by atoms with Crippen LogP contribution in [0.1, 0.15) is 32.6 Å². The third-order valence-corrected chi connectivity index (χ3v) is 4.95. The lowest BCUT2D eigenvalue weighted by Crippen LogP contribution is -2.50. The van der Waals surface area contributed by atoms with Crippen LogP contribution in [0.2, 0.25) is 0 Å². The number of amides is 1. The molecular formula is C20H31FN4O2. The molecule has 0 saturated heterocycles. The molecule has 0 aromatic heterocycles. The van der Waals surface area contributed by atoms with Gasteiger partial charge in [0.1, 0.15) is 17.7 Å². The molecule has 1 fully saturated rings. The van der Waals surface area contributed by atoms with Crippen LogP contribution in [0, 0.1) is 11.2 Å². The number of benzene rings is 1. The summed E-state index contributed by atoms with van der Waals surface area (Å²) in [7, 11) is 5.32. The lowest BCUT2D eigenvalue weighted by molar-refractivity contribution is -0.138. The van der Waals surface area contributed by atoms with Gasteiger partial charge < -0.3 is 20.3 Å². The number of guanidine groups is 1. The highest BCUT2D eigenvalue weighted by molar-refractivity contribution is 5.85. The van der Waals surface area contributed by atoms with Crippen LogP contribution in [0.5, 0.6) is 5.75 Å². The molecule has 0 heterocycles. The first-order valence-electron chi connectivity index (χ1n) is 9.45. The van der Waals surface area contributed by atoms with Crippen molar-refractivity contribution in [2.75, 3.05) is 34.2 Å². The fourth-order valence-electron chi connectivity index (χ4n) is 3.49. The maximum atomic E-state index is 13.0. The molecule has 0 bridgehead atoms. The van der Waals surface area contributed by atoms with Crippen molar-refractivity contribution in [3.63, 3.8) is 0 Å². The number of ether oxygens (including phenoxy) is 1. The molecule has 1 aromatic rings. The van der Waals surface area contributed by atoms with Crippen LogP contribution in [-0.4, -0.2) is 57.1 Å². The SMILES string of the molecule is CN=C(NCC(C)Oc1ccc(F)cc1)NCC1(C(=O)N(C)C)CCCC1. The second-order valence-corrected chi connectivity index (χ2v) is 7.38. The van der Waals surface area contributed by atoms with Gasteiger partial charge in [-0.15, -0.1) is 0 Å². The predicted octanol–water partition coefficient (Wildman–Crippen LogP) is 2.41. The first-order valence-corrected chi connectivity index (χ1v) is 9.45. The van der Waals surface area contributed by atoms with E-state index in [9.17, 15) is 9.18 Å². The molecule has 1 amide bonds. The first kappa shape index (κ1) is 21.0. The average Bonchev–Trinajstić information content (AvgIpc) is 3.13. The van der Waals surface area contributed by atoms with Gasteiger partial charge in [0.05, 0.1) is 12.0 Å². The number of hydrogen-bond donors (Lipinski definition) is 2. The highest BCUT2D eigenvalue weighted by Crippen LogP contribution is 2.38. The zero-order valence-corrected chi connectivity index (χ0v) is 16.7. The van der Waals surface area contributed by atoms with Crippen molar-refractivity contribution >= 4 is 11.9 Å².